The van der Waals surface area contributed by atoms with Gasteiger partial charge in [-0.3, -0.25) is 4.90 Å². The molecule has 1 aliphatic rings. The van der Waals surface area contributed by atoms with E-state index in [0.29, 0.717) is 37.7 Å². The number of benzene rings is 2. The fourth-order valence-electron chi connectivity index (χ4n) is 3.45. The van der Waals surface area contributed by atoms with E-state index in [1.165, 1.54) is 23.5 Å². The molecule has 31 heavy (non-hydrogen) atoms. The van der Waals surface area contributed by atoms with Crippen molar-refractivity contribution in [3.8, 4) is 17.0 Å². The van der Waals surface area contributed by atoms with Crippen molar-refractivity contribution in [3.63, 3.8) is 0 Å². The maximum Gasteiger partial charge on any atom is 0.246 e. The Kier molecular flexibility index (Phi) is 6.59. The largest absolute Gasteiger partial charge is 0.495 e. The molecule has 0 amide bonds. The Balaban J connectivity index is 1.40. The molecule has 0 saturated carbocycles. The van der Waals surface area contributed by atoms with Gasteiger partial charge in [-0.25, -0.2) is 17.8 Å². The van der Waals surface area contributed by atoms with Crippen LogP contribution in [0, 0.1) is 5.82 Å². The molecule has 0 bridgehead atoms. The second-order valence-electron chi connectivity index (χ2n) is 7.11. The van der Waals surface area contributed by atoms with Gasteiger partial charge in [-0.2, -0.15) is 4.31 Å². The van der Waals surface area contributed by atoms with Crippen molar-refractivity contribution in [2.75, 3.05) is 33.3 Å². The third kappa shape index (κ3) is 4.91. The summed E-state index contributed by atoms with van der Waals surface area (Å²) in [5, 5.41) is 3.66. The average Bonchev–Trinajstić information content (AvgIpc) is 3.23. The van der Waals surface area contributed by atoms with Crippen molar-refractivity contribution in [2.24, 2.45) is 0 Å². The number of aromatic nitrogens is 1. The Morgan fingerprint density at radius 1 is 1.13 bits per heavy atom. The molecule has 4 rings (SSSR count). The van der Waals surface area contributed by atoms with E-state index in [1.54, 1.807) is 11.3 Å². The Bertz CT molecular complexity index is 1160. The lowest BCUT2D eigenvalue weighted by molar-refractivity contribution is 0.181. The number of ether oxygens (including phenoxy) is 1. The molecule has 0 spiro atoms. The van der Waals surface area contributed by atoms with Gasteiger partial charge in [0.05, 0.1) is 19.3 Å². The number of piperazine rings is 1. The minimum absolute atomic E-state index is 0.140. The number of nitrogens with zero attached hydrogens (tertiary/aromatic N) is 3. The summed E-state index contributed by atoms with van der Waals surface area (Å²) in [6.45, 7) is 2.41. The van der Waals surface area contributed by atoms with Crippen LogP contribution in [0.2, 0.25) is 5.02 Å². The Hall–Kier alpha value is -2.04. The van der Waals surface area contributed by atoms with E-state index in [1.807, 2.05) is 29.6 Å². The molecule has 10 heteroatoms. The van der Waals surface area contributed by atoms with Crippen LogP contribution < -0.4 is 4.74 Å². The number of hydrogen-bond acceptors (Lipinski definition) is 6. The lowest BCUT2D eigenvalue weighted by Gasteiger charge is -2.33. The topological polar surface area (TPSA) is 62.7 Å². The van der Waals surface area contributed by atoms with E-state index in [9.17, 15) is 12.8 Å². The smallest absolute Gasteiger partial charge is 0.246 e. The molecular weight excluding hydrogens is 461 g/mol. The molecule has 0 N–H and O–H groups in total. The summed E-state index contributed by atoms with van der Waals surface area (Å²) >= 11 is 7.52. The van der Waals surface area contributed by atoms with Crippen molar-refractivity contribution in [3.05, 3.63) is 63.7 Å². The summed E-state index contributed by atoms with van der Waals surface area (Å²) < 4.78 is 46.2. The van der Waals surface area contributed by atoms with Gasteiger partial charge in [-0.15, -0.1) is 11.3 Å². The van der Waals surface area contributed by atoms with Crippen molar-refractivity contribution in [2.45, 2.75) is 11.4 Å². The second kappa shape index (κ2) is 9.22. The van der Waals surface area contributed by atoms with Gasteiger partial charge in [-0.05, 0) is 30.3 Å². The molecule has 3 aromatic rings. The van der Waals surface area contributed by atoms with Crippen LogP contribution in [0.5, 0.6) is 5.75 Å². The van der Waals surface area contributed by atoms with Crippen LogP contribution in [0.25, 0.3) is 11.3 Å². The Morgan fingerprint density at radius 3 is 2.52 bits per heavy atom. The number of halogens is 2. The van der Waals surface area contributed by atoms with Gasteiger partial charge in [-0.1, -0.05) is 23.7 Å². The zero-order chi connectivity index (χ0) is 22.0. The normalized spacial score (nSPS) is 15.8. The van der Waals surface area contributed by atoms with E-state index >= 15 is 0 Å². The molecule has 6 nitrogen and oxygen atoms in total. The fraction of sp³-hybridized carbons (Fsp3) is 0.286. The third-order valence-electron chi connectivity index (χ3n) is 5.13. The first kappa shape index (κ1) is 22.2. The van der Waals surface area contributed by atoms with Crippen LogP contribution in [-0.2, 0) is 16.6 Å². The number of rotatable bonds is 6. The van der Waals surface area contributed by atoms with Crippen LogP contribution in [-0.4, -0.2) is 55.9 Å². The fourth-order valence-corrected chi connectivity index (χ4v) is 6.01. The first-order valence-electron chi connectivity index (χ1n) is 9.63. The highest BCUT2D eigenvalue weighted by Gasteiger charge is 2.31. The van der Waals surface area contributed by atoms with Crippen LogP contribution in [0.15, 0.2) is 52.7 Å². The molecule has 1 fully saturated rings. The predicted molar refractivity (Wildman–Crippen MR) is 120 cm³/mol. The van der Waals surface area contributed by atoms with Gasteiger partial charge >= 0.3 is 0 Å². The van der Waals surface area contributed by atoms with E-state index in [2.05, 4.69) is 4.90 Å². The molecule has 2 aromatic carbocycles. The second-order valence-corrected chi connectivity index (χ2v) is 10.4. The van der Waals surface area contributed by atoms with Crippen molar-refractivity contribution < 1.29 is 17.5 Å². The lowest BCUT2D eigenvalue weighted by atomic mass is 10.2. The summed E-state index contributed by atoms with van der Waals surface area (Å²) in [4.78, 5) is 6.72. The van der Waals surface area contributed by atoms with Gasteiger partial charge in [0.1, 0.15) is 21.5 Å². The van der Waals surface area contributed by atoms with Crippen molar-refractivity contribution in [1.29, 1.82) is 0 Å². The van der Waals surface area contributed by atoms with Crippen LogP contribution in [0.4, 0.5) is 4.39 Å². The zero-order valence-electron chi connectivity index (χ0n) is 16.8. The van der Waals surface area contributed by atoms with Crippen LogP contribution in [0.3, 0.4) is 0 Å². The van der Waals surface area contributed by atoms with E-state index in [0.717, 1.165) is 22.3 Å². The molecule has 1 aromatic heterocycles. The number of hydrogen-bond donors (Lipinski definition) is 0. The van der Waals surface area contributed by atoms with Crippen molar-refractivity contribution >= 4 is 33.0 Å². The van der Waals surface area contributed by atoms with Gasteiger partial charge in [0.2, 0.25) is 10.0 Å². The molecule has 1 aliphatic heterocycles. The van der Waals surface area contributed by atoms with Gasteiger partial charge in [0.25, 0.3) is 0 Å². The maximum atomic E-state index is 13.7. The quantitative estimate of drug-likeness (QED) is 0.530. The summed E-state index contributed by atoms with van der Waals surface area (Å²) in [6.07, 6.45) is 0. The van der Waals surface area contributed by atoms with E-state index in [-0.39, 0.29) is 10.6 Å². The number of methoxy groups -OCH3 is 1. The van der Waals surface area contributed by atoms with E-state index in [4.69, 9.17) is 21.3 Å². The summed E-state index contributed by atoms with van der Waals surface area (Å²) in [6, 6.07) is 11.1. The first-order valence-corrected chi connectivity index (χ1v) is 12.3. The van der Waals surface area contributed by atoms with E-state index < -0.39 is 15.8 Å². The Labute approximate surface area is 189 Å². The molecule has 0 radical (unpaired) electrons. The highest BCUT2D eigenvalue weighted by Crippen LogP contribution is 2.29. The first-order chi connectivity index (χ1) is 14.9. The predicted octanol–water partition coefficient (Wildman–Crippen LogP) is 4.12. The maximum absolute atomic E-state index is 13.7. The molecule has 0 unspecified atom stereocenters. The zero-order valence-corrected chi connectivity index (χ0v) is 19.2. The van der Waals surface area contributed by atoms with Crippen molar-refractivity contribution in [1.82, 2.24) is 14.2 Å². The number of thiazole rings is 1. The standard InChI is InChI=1S/C21H21ClFN3O3S2/c1-29-19-7-6-17(23)12-20(19)31(27,28)26-10-8-25(9-11-26)13-21-24-18(14-30-21)15-2-4-16(22)5-3-15/h2-7,12,14H,8-11,13H2,1H3. The molecule has 2 heterocycles. The van der Waals surface area contributed by atoms with Gasteiger partial charge in [0, 0.05) is 42.1 Å². The Morgan fingerprint density at radius 2 is 1.84 bits per heavy atom. The third-order valence-corrected chi connectivity index (χ3v) is 8.13. The SMILES string of the molecule is COc1ccc(F)cc1S(=O)(=O)N1CCN(Cc2nc(-c3ccc(Cl)cc3)cs2)CC1. The molecule has 0 atom stereocenters. The molecular formula is C21H21ClFN3O3S2. The van der Waals surface area contributed by atoms with Crippen LogP contribution in [0.1, 0.15) is 5.01 Å². The monoisotopic (exact) mass is 481 g/mol. The minimum Gasteiger partial charge on any atom is -0.495 e. The minimum atomic E-state index is -3.84. The summed E-state index contributed by atoms with van der Waals surface area (Å²) in [7, 11) is -2.47. The number of sulfonamides is 1. The van der Waals surface area contributed by atoms with Gasteiger partial charge in [0.15, 0.2) is 0 Å². The lowest BCUT2D eigenvalue weighted by Crippen LogP contribution is -2.48. The molecule has 0 aliphatic carbocycles. The summed E-state index contributed by atoms with van der Waals surface area (Å²) in [5.41, 5.74) is 1.91. The highest BCUT2D eigenvalue weighted by molar-refractivity contribution is 7.89. The van der Waals surface area contributed by atoms with Gasteiger partial charge < -0.3 is 4.74 Å². The summed E-state index contributed by atoms with van der Waals surface area (Å²) in [5.74, 6) is -0.473. The molecule has 164 valence electrons. The molecule has 1 saturated heterocycles. The average molecular weight is 482 g/mol. The highest BCUT2D eigenvalue weighted by atomic mass is 35.5. The van der Waals surface area contributed by atoms with Crippen LogP contribution >= 0.6 is 22.9 Å².